The lowest BCUT2D eigenvalue weighted by atomic mass is 9.80. The van der Waals surface area contributed by atoms with Gasteiger partial charge in [-0.1, -0.05) is 59.8 Å². The molecule has 8 atom stereocenters. The average Bonchev–Trinajstić information content (AvgIpc) is 3.54. The number of fused-ring (bicyclic) bond motifs is 2. The number of aliphatic hydroxyl groups is 2. The number of nitrogens with one attached hydrogen (secondary N) is 1. The Hall–Kier alpha value is -5.97. The molecule has 1 amide bonds. The number of aliphatic hydroxyl groups excluding tert-OH is 2. The van der Waals surface area contributed by atoms with Crippen LogP contribution >= 0.6 is 0 Å². The second-order valence-electron chi connectivity index (χ2n) is 19.2. The molecule has 0 aliphatic carbocycles. The van der Waals surface area contributed by atoms with Crippen LogP contribution in [-0.4, -0.2) is 101 Å². The van der Waals surface area contributed by atoms with Crippen molar-refractivity contribution in [2.45, 2.75) is 99.8 Å². The second kappa shape index (κ2) is 19.3. The summed E-state index contributed by atoms with van der Waals surface area (Å²) >= 11 is 0. The summed E-state index contributed by atoms with van der Waals surface area (Å²) in [5.41, 5.74) is -1.11. The third kappa shape index (κ3) is 9.48. The lowest BCUT2D eigenvalue weighted by Crippen LogP contribution is -2.47. The van der Waals surface area contributed by atoms with E-state index >= 15 is 0 Å². The zero-order chi connectivity index (χ0) is 48.8. The van der Waals surface area contributed by atoms with Gasteiger partial charge >= 0.3 is 11.8 Å². The number of aromatic nitrogens is 1. The topological polar surface area (TPSA) is 210 Å². The number of hydrogen-bond donors (Lipinski definition) is 4. The minimum atomic E-state index is -1.94. The van der Waals surface area contributed by atoms with Gasteiger partial charge in [0.05, 0.1) is 29.1 Å². The minimum Gasteiger partial charge on any atom is -0.507 e. The van der Waals surface area contributed by atoms with Gasteiger partial charge in [-0.3, -0.25) is 24.1 Å². The number of nitrogens with zero attached hydrogens (tertiary/aromatic N) is 3. The van der Waals surface area contributed by atoms with Gasteiger partial charge in [0.25, 0.3) is 5.91 Å². The lowest BCUT2D eigenvalue weighted by molar-refractivity contribution is -0.155. The van der Waals surface area contributed by atoms with Gasteiger partial charge < -0.3 is 48.9 Å². The van der Waals surface area contributed by atoms with Crippen LogP contribution in [-0.2, 0) is 23.8 Å². The molecule has 360 valence electrons. The molecule has 1 saturated heterocycles. The Morgan fingerprint density at radius 2 is 1.70 bits per heavy atom. The number of esters is 1. The maximum atomic E-state index is 14.9. The number of phenols is 1. The van der Waals surface area contributed by atoms with E-state index in [1.54, 1.807) is 37.3 Å². The Bertz CT molecular complexity index is 2860. The number of piperazine rings is 1. The van der Waals surface area contributed by atoms with Crippen molar-refractivity contribution in [3.8, 4) is 11.5 Å². The predicted octanol–water partition coefficient (Wildman–Crippen LogP) is 6.37. The molecule has 0 radical (unpaired) electrons. The van der Waals surface area contributed by atoms with Crippen LogP contribution in [0.4, 0.5) is 11.4 Å². The maximum Gasteiger partial charge on any atom is 0.307 e. The molecular weight excluding hydrogens is 861 g/mol. The molecule has 1 aromatic heterocycles. The number of amides is 1. The van der Waals surface area contributed by atoms with Crippen molar-refractivity contribution < 1.29 is 48.3 Å². The average molecular weight is 925 g/mol. The van der Waals surface area contributed by atoms with Crippen LogP contribution in [0.15, 0.2) is 62.3 Å². The fourth-order valence-corrected chi connectivity index (χ4v) is 9.84. The Labute approximate surface area is 389 Å². The Morgan fingerprint density at radius 3 is 2.36 bits per heavy atom. The quantitative estimate of drug-likeness (QED) is 0.0974. The van der Waals surface area contributed by atoms with Crippen molar-refractivity contribution in [3.63, 3.8) is 0 Å². The number of carbonyl (C=O) groups is 2. The van der Waals surface area contributed by atoms with E-state index in [2.05, 4.69) is 29.0 Å². The highest BCUT2D eigenvalue weighted by Gasteiger charge is 2.44. The van der Waals surface area contributed by atoms with Crippen molar-refractivity contribution in [2.24, 2.45) is 29.6 Å². The van der Waals surface area contributed by atoms with E-state index in [1.807, 2.05) is 27.7 Å². The number of ether oxygens (including phenoxy) is 4. The first-order valence-corrected chi connectivity index (χ1v) is 23.1. The van der Waals surface area contributed by atoms with Crippen LogP contribution in [0.25, 0.3) is 38.7 Å². The van der Waals surface area contributed by atoms with Crippen LogP contribution in [0.2, 0.25) is 0 Å². The highest BCUT2D eigenvalue weighted by atomic mass is 16.7. The first kappa shape index (κ1) is 48.9. The molecule has 3 aliphatic heterocycles. The van der Waals surface area contributed by atoms with Crippen LogP contribution in [0, 0.1) is 36.5 Å². The van der Waals surface area contributed by atoms with E-state index in [1.165, 1.54) is 40.2 Å². The Balaban J connectivity index is 1.45. The molecule has 4 bridgehead atoms. The molecule has 16 nitrogen and oxygen atoms in total. The number of rotatable bonds is 5. The fourth-order valence-electron chi connectivity index (χ4n) is 9.84. The highest BCUT2D eigenvalue weighted by molar-refractivity contribution is 6.16. The smallest absolute Gasteiger partial charge is 0.307 e. The maximum absolute atomic E-state index is 14.9. The zero-order valence-electron chi connectivity index (χ0n) is 40.3. The molecule has 3 aromatic carbocycles. The van der Waals surface area contributed by atoms with Gasteiger partial charge in [-0.15, -0.1) is 0 Å². The standard InChI is InChI=1S/C51H64N4O12/c1-25(2)24-54-16-18-55(19-17-54)33-22-34(57)40-36(23-33)66-48-41(52-40)37-38-44(59)31(8)47-39(37)49(61)51(10,67-47)64-20-15-35(63-11)30(7)46(65-32(9)56)29(6)21-28(5)43(58)26(3)13-12-14-27(4)50(62)53-42(48)45(38)60/h12-15,20,22-23,25-26,28-30,35,43,46,58-59,61H,16-19,21,24H2,1-11H3,(H,53,62)/b13-12+,20-15+,27-14-/t26-,28-,29+,30+,35-,43-,46-,51-/m0/s1. The number of allylic oxidation sites excluding steroid dienone is 2. The van der Waals surface area contributed by atoms with Crippen molar-refractivity contribution >= 4 is 62.0 Å². The molecule has 4 heterocycles. The van der Waals surface area contributed by atoms with Crippen LogP contribution < -0.4 is 31.0 Å². The van der Waals surface area contributed by atoms with Gasteiger partial charge in [0, 0.05) is 99.9 Å². The summed E-state index contributed by atoms with van der Waals surface area (Å²) in [6.45, 7) is 21.7. The van der Waals surface area contributed by atoms with Gasteiger partial charge in [-0.25, -0.2) is 4.98 Å². The molecule has 0 unspecified atom stereocenters. The first-order valence-electron chi connectivity index (χ1n) is 23.1. The van der Waals surface area contributed by atoms with E-state index in [0.29, 0.717) is 31.1 Å². The van der Waals surface area contributed by atoms with Gasteiger partial charge in [0.15, 0.2) is 22.4 Å². The number of benzene rings is 3. The van der Waals surface area contributed by atoms with Crippen molar-refractivity contribution in [3.05, 3.63) is 79.5 Å². The molecule has 16 heteroatoms. The minimum absolute atomic E-state index is 0.0193. The lowest BCUT2D eigenvalue weighted by Gasteiger charge is -2.36. The van der Waals surface area contributed by atoms with E-state index in [4.69, 9.17) is 28.3 Å². The summed E-state index contributed by atoms with van der Waals surface area (Å²) in [7, 11) is 1.50. The number of anilines is 2. The summed E-state index contributed by atoms with van der Waals surface area (Å²) in [5.74, 6) is -4.83. The number of carbonyl (C=O) groups excluding carboxylic acids is 2. The molecule has 67 heavy (non-hydrogen) atoms. The van der Waals surface area contributed by atoms with Crippen LogP contribution in [0.5, 0.6) is 11.5 Å². The van der Waals surface area contributed by atoms with Crippen LogP contribution in [0.3, 0.4) is 0 Å². The van der Waals surface area contributed by atoms with E-state index in [0.717, 1.165) is 19.6 Å². The third-order valence-electron chi connectivity index (χ3n) is 13.5. The molecule has 4 N–H and O–H groups in total. The monoisotopic (exact) mass is 924 g/mol. The SMILES string of the molecule is CO[C@H]1/C=C/O[C@@]2(C)Oc3c(C)c(O)c4c(=O)c(c5oc6cc(N7CCN(CC(C)C)CC7)cc(=O)c6nc5c4c3=C2O)NC(=O)/C(C)=C\C=C\[C@H](C)[C@H](O)[C@@H](C)C[C@@H](C)[C@H](OC(C)=O)[C@@H]1C. The van der Waals surface area contributed by atoms with E-state index < -0.39 is 64.3 Å². The second-order valence-corrected chi connectivity index (χ2v) is 19.2. The summed E-state index contributed by atoms with van der Waals surface area (Å²) in [5, 5.41) is 37.8. The Kier molecular flexibility index (Phi) is 14.1. The number of phenolic OH excluding ortho intramolecular Hbond substituents is 1. The molecule has 1 fully saturated rings. The van der Waals surface area contributed by atoms with E-state index in [9.17, 15) is 34.5 Å². The highest BCUT2D eigenvalue weighted by Crippen LogP contribution is 2.42. The number of hydrogen-bond acceptors (Lipinski definition) is 15. The number of methoxy groups -OCH3 is 1. The zero-order valence-corrected chi connectivity index (χ0v) is 40.3. The summed E-state index contributed by atoms with van der Waals surface area (Å²) in [6.07, 6.45) is 6.26. The molecule has 0 spiro atoms. The van der Waals surface area contributed by atoms with Crippen molar-refractivity contribution in [1.82, 2.24) is 9.88 Å². The van der Waals surface area contributed by atoms with Crippen molar-refractivity contribution in [1.29, 1.82) is 0 Å². The third-order valence-corrected chi connectivity index (χ3v) is 13.5. The van der Waals surface area contributed by atoms with Crippen LogP contribution in [0.1, 0.15) is 74.3 Å². The van der Waals surface area contributed by atoms with Gasteiger partial charge in [0.1, 0.15) is 28.8 Å². The first-order chi connectivity index (χ1) is 31.6. The van der Waals surface area contributed by atoms with Crippen molar-refractivity contribution in [2.75, 3.05) is 50.1 Å². The molecule has 4 aromatic rings. The normalized spacial score (nSPS) is 28.6. The summed E-state index contributed by atoms with van der Waals surface area (Å²) in [4.78, 5) is 64.7. The number of aromatic hydroxyl groups is 1. The molecule has 0 saturated carbocycles. The summed E-state index contributed by atoms with van der Waals surface area (Å²) in [6, 6.07) is 3.18. The fraction of sp³-hybridized carbons (Fsp3) is 0.510. The van der Waals surface area contributed by atoms with Gasteiger partial charge in [0.2, 0.25) is 10.9 Å². The molecular formula is C51H64N4O12. The summed E-state index contributed by atoms with van der Waals surface area (Å²) < 4.78 is 30.7. The van der Waals surface area contributed by atoms with Gasteiger partial charge in [-0.2, -0.15) is 0 Å². The Morgan fingerprint density at radius 1 is 1.00 bits per heavy atom. The molecule has 3 aliphatic rings. The largest absolute Gasteiger partial charge is 0.507 e. The predicted molar refractivity (Wildman–Crippen MR) is 257 cm³/mol. The van der Waals surface area contributed by atoms with E-state index in [-0.39, 0.29) is 78.5 Å². The molecule has 7 rings (SSSR count). The van der Waals surface area contributed by atoms with Gasteiger partial charge in [-0.05, 0) is 44.1 Å².